The van der Waals surface area contributed by atoms with Crippen LogP contribution in [-0.4, -0.2) is 166 Å². The van der Waals surface area contributed by atoms with Gasteiger partial charge in [-0.25, -0.2) is 36.4 Å². The van der Waals surface area contributed by atoms with Gasteiger partial charge in [-0.05, 0) is 151 Å². The first-order valence-electron chi connectivity index (χ1n) is 37.3. The number of para-hydroxylation sites is 2. The predicted molar refractivity (Wildman–Crippen MR) is 421 cm³/mol. The van der Waals surface area contributed by atoms with Crippen LogP contribution in [-0.2, 0) is 58.3 Å². The summed E-state index contributed by atoms with van der Waals surface area (Å²) in [5, 5.41) is 13.2. The van der Waals surface area contributed by atoms with Crippen LogP contribution in [0.1, 0.15) is 128 Å². The number of ether oxygens (including phenoxy) is 4. The number of likely N-dealkylation sites (tertiary alicyclic amines) is 2. The highest BCUT2D eigenvalue weighted by molar-refractivity contribution is 9.10. The number of alkyl carbamates (subject to hydrolysis) is 2. The molecule has 4 aromatic heterocycles. The molecule has 2 saturated heterocycles. The number of hydrogen-bond acceptors (Lipinski definition) is 20. The molecule has 594 valence electrons. The number of halogens is 2. The Morgan fingerprint density at radius 1 is 0.598 bits per heavy atom. The van der Waals surface area contributed by atoms with E-state index in [-0.39, 0.29) is 63.4 Å². The fourth-order valence-electron chi connectivity index (χ4n) is 15.6. The van der Waals surface area contributed by atoms with Gasteiger partial charge in [-0.1, -0.05) is 105 Å². The van der Waals surface area contributed by atoms with Crippen molar-refractivity contribution >= 4 is 161 Å². The Morgan fingerprint density at radius 3 is 1.49 bits per heavy atom. The summed E-state index contributed by atoms with van der Waals surface area (Å²) in [5.41, 5.74) is -4.91. The molecule has 6 N–H and O–H groups in total. The molecular weight excluding hydrogens is 1570 g/mol. The highest BCUT2D eigenvalue weighted by Gasteiger charge is 2.64. The lowest BCUT2D eigenvalue weighted by molar-refractivity contribution is -0.143. The van der Waals surface area contributed by atoms with E-state index < -0.39 is 165 Å². The topological polar surface area (TPSA) is 372 Å². The molecule has 4 aromatic carbocycles. The third kappa shape index (κ3) is 15.6. The summed E-state index contributed by atoms with van der Waals surface area (Å²) in [4.78, 5) is 130. The van der Waals surface area contributed by atoms with Crippen LogP contribution in [0.25, 0.3) is 65.7 Å². The van der Waals surface area contributed by atoms with Crippen LogP contribution < -0.4 is 40.2 Å². The molecule has 8 amide bonds. The number of amides is 8. The molecule has 0 spiro atoms. The van der Waals surface area contributed by atoms with Crippen molar-refractivity contribution in [3.63, 3.8) is 0 Å². The highest BCUT2D eigenvalue weighted by Crippen LogP contribution is 2.50. The van der Waals surface area contributed by atoms with E-state index in [1.807, 2.05) is 60.7 Å². The monoisotopic (exact) mass is 1660 g/mol. The molecular formula is C80H90BrClN10O18S2. The SMILES string of the molecule is C=C[C@@H]1C[C@]1(NC(=O)[C@@H]1C[C@@H](Oc2nc3c4ccccc4oc3c3ccc(Br)cc23)CN1C(=O)[C@@H](NC(=O)OC(C)(C)CC1CC1S(=O)(=O)NC(=O)[C@@]1(NC(=O)[C@@H]2C[C@@H](Oc3nc4c5ccccc5oc4c4ccc(Cl)cc34)CN2C(=O)[C@@H](NC(=O)OC(C)(C)C)C(C)(C)C)C[C@H]1C=C)C(C)(C)C)C(=O)NS(=O)(=O)C1CC1. The molecule has 112 heavy (non-hydrogen) atoms. The lowest BCUT2D eigenvalue weighted by atomic mass is 9.85. The number of carbonyl (C=O) groups excluding carboxylic acids is 8. The predicted octanol–water partition coefficient (Wildman–Crippen LogP) is 11.2. The van der Waals surface area contributed by atoms with Crippen molar-refractivity contribution in [2.45, 2.75) is 197 Å². The van der Waals surface area contributed by atoms with Gasteiger partial charge in [-0.2, -0.15) is 0 Å². The number of carbonyl (C=O) groups is 8. The first-order chi connectivity index (χ1) is 52.5. The summed E-state index contributed by atoms with van der Waals surface area (Å²) in [7, 11) is -8.60. The standard InChI is InChI=1S/C80H90BrClN10O18S2/c1-14-41-36-79(41,71(97)89-111(101,102)47-26-27-47)87-65(93)54-33-45(105-67-52-31-43(81)24-28-48(52)61-59(83-67)50-20-16-18-22-56(50)107-61)38-92(54)70(96)64(76(6,7)8)86-74(100)110-78(12,13)35-40-30-58(40)112(103,104)90-72(98)80(37-42(80)15-2)88-66(94)55-34-46(39-91(55)69(95)63(75(3,4)5)85-73(99)109-77(9,10)11)106-68-53-32-44(82)25-29-49(53)62-60(84-68)51-21-17-19-23-57(51)108-62/h14-25,28-29,31-32,40-42,45-47,54-55,58,63-64H,1-2,26-27,30,33-39H2,3-13H3,(H,85,99)(H,86,100)(H,87,93)(H,88,94)(H,89,97)(H,90,98)/t40?,41-,42-,45-,46-,54+,55+,58?,63-,64-,79-,80-/m1/s1. The zero-order valence-corrected chi connectivity index (χ0v) is 67.8. The smallest absolute Gasteiger partial charge is 0.408 e. The van der Waals surface area contributed by atoms with Crippen LogP contribution in [0.5, 0.6) is 11.8 Å². The number of nitrogens with zero attached hydrogens (tertiary/aromatic N) is 4. The summed E-state index contributed by atoms with van der Waals surface area (Å²) in [6.45, 7) is 25.6. The molecule has 8 aromatic rings. The molecule has 2 unspecified atom stereocenters. The van der Waals surface area contributed by atoms with Crippen molar-refractivity contribution in [3.05, 3.63) is 120 Å². The summed E-state index contributed by atoms with van der Waals surface area (Å²) in [5.74, 6) is -6.90. The average molecular weight is 1660 g/mol. The van der Waals surface area contributed by atoms with Gasteiger partial charge in [-0.3, -0.25) is 38.2 Å². The molecule has 32 heteroatoms. The fourth-order valence-corrected chi connectivity index (χ4v) is 19.2. The first kappa shape index (κ1) is 79.1. The number of hydrogen-bond donors (Lipinski definition) is 6. The van der Waals surface area contributed by atoms with E-state index in [1.165, 1.54) is 22.0 Å². The quantitative estimate of drug-likeness (QED) is 0.0324. The number of rotatable bonds is 23. The molecule has 6 heterocycles. The van der Waals surface area contributed by atoms with Crippen molar-refractivity contribution in [2.24, 2.45) is 28.6 Å². The molecule has 6 fully saturated rings. The summed E-state index contributed by atoms with van der Waals surface area (Å²) < 4.78 is 98.0. The zero-order valence-electron chi connectivity index (χ0n) is 63.8. The van der Waals surface area contributed by atoms with Crippen molar-refractivity contribution in [3.8, 4) is 11.8 Å². The molecule has 14 rings (SSSR count). The lowest BCUT2D eigenvalue weighted by Crippen LogP contribution is -2.60. The number of pyridine rings is 2. The van der Waals surface area contributed by atoms with Gasteiger partial charge in [0.15, 0.2) is 11.2 Å². The van der Waals surface area contributed by atoms with Crippen molar-refractivity contribution < 1.29 is 83.0 Å². The van der Waals surface area contributed by atoms with Gasteiger partial charge in [0, 0.05) is 66.5 Å². The van der Waals surface area contributed by atoms with Gasteiger partial charge >= 0.3 is 12.2 Å². The van der Waals surface area contributed by atoms with Crippen LogP contribution in [0.2, 0.25) is 5.02 Å². The second-order valence-electron chi connectivity index (χ2n) is 34.2. The van der Waals surface area contributed by atoms with E-state index >= 15 is 19.2 Å². The van der Waals surface area contributed by atoms with Gasteiger partial charge in [0.05, 0.1) is 23.6 Å². The van der Waals surface area contributed by atoms with Gasteiger partial charge in [0.1, 0.15) is 80.9 Å². The molecule has 4 aliphatic carbocycles. The maximum absolute atomic E-state index is 15.5. The van der Waals surface area contributed by atoms with Crippen LogP contribution >= 0.6 is 27.5 Å². The van der Waals surface area contributed by atoms with Gasteiger partial charge in [-0.15, -0.1) is 13.2 Å². The largest absolute Gasteiger partial charge is 0.472 e. The molecule has 2 aliphatic heterocycles. The normalized spacial score (nSPS) is 24.4. The Kier molecular flexibility index (Phi) is 20.1. The number of benzene rings is 4. The lowest BCUT2D eigenvalue weighted by Gasteiger charge is -2.36. The van der Waals surface area contributed by atoms with Crippen molar-refractivity contribution in [1.82, 2.24) is 50.5 Å². The Bertz CT molecular complexity index is 5530. The molecule has 12 atom stereocenters. The van der Waals surface area contributed by atoms with Crippen LogP contribution in [0, 0.1) is 28.6 Å². The minimum Gasteiger partial charge on any atom is -0.472 e. The minimum atomic E-state index is -4.54. The molecule has 0 radical (unpaired) electrons. The maximum Gasteiger partial charge on any atom is 0.408 e. The number of fused-ring (bicyclic) bond motifs is 10. The second kappa shape index (κ2) is 28.5. The van der Waals surface area contributed by atoms with Crippen LogP contribution in [0.3, 0.4) is 0 Å². The zero-order chi connectivity index (χ0) is 80.6. The van der Waals surface area contributed by atoms with Gasteiger partial charge < -0.3 is 58.8 Å². The number of sulfonamides is 2. The molecule has 0 bridgehead atoms. The van der Waals surface area contributed by atoms with E-state index in [1.54, 1.807) is 100 Å². The molecule has 6 aliphatic rings. The van der Waals surface area contributed by atoms with Crippen molar-refractivity contribution in [2.75, 3.05) is 13.1 Å². The minimum absolute atomic E-state index is 0.0209. The Balaban J connectivity index is 0.668. The van der Waals surface area contributed by atoms with Gasteiger partial charge in [0.25, 0.3) is 11.8 Å². The summed E-state index contributed by atoms with van der Waals surface area (Å²) >= 11 is 10.2. The van der Waals surface area contributed by atoms with E-state index in [2.05, 4.69) is 59.8 Å². The third-order valence-electron chi connectivity index (χ3n) is 21.8. The number of nitrogens with one attached hydrogen (secondary N) is 6. The van der Waals surface area contributed by atoms with Crippen molar-refractivity contribution in [1.29, 1.82) is 0 Å². The maximum atomic E-state index is 15.5. The summed E-state index contributed by atoms with van der Waals surface area (Å²) in [6, 6.07) is 19.9. The fraction of sp³-hybridized carbons (Fsp3) is 0.475. The molecule has 4 saturated carbocycles. The summed E-state index contributed by atoms with van der Waals surface area (Å²) in [6.07, 6.45) is -0.638. The van der Waals surface area contributed by atoms with E-state index in [9.17, 15) is 36.0 Å². The molecule has 28 nitrogen and oxygen atoms in total. The third-order valence-corrected chi connectivity index (χ3v) is 26.2. The number of furan rings is 2. The number of aromatic nitrogens is 2. The van der Waals surface area contributed by atoms with E-state index in [4.69, 9.17) is 49.4 Å². The van der Waals surface area contributed by atoms with Crippen LogP contribution in [0.15, 0.2) is 124 Å². The van der Waals surface area contributed by atoms with Gasteiger partial charge in [0.2, 0.25) is 55.4 Å². The van der Waals surface area contributed by atoms with E-state index in [0.717, 1.165) is 0 Å². The second-order valence-corrected chi connectivity index (χ2v) is 39.4. The highest BCUT2D eigenvalue weighted by atomic mass is 79.9. The Morgan fingerprint density at radius 2 is 1.04 bits per heavy atom. The average Bonchev–Trinajstić information content (AvgIpc) is 1.57. The Hall–Kier alpha value is -9.59. The first-order valence-corrected chi connectivity index (χ1v) is 41.5. The van der Waals surface area contributed by atoms with Crippen LogP contribution in [0.4, 0.5) is 9.59 Å². The Labute approximate surface area is 660 Å². The van der Waals surface area contributed by atoms with E-state index in [0.29, 0.717) is 88.0 Å².